The van der Waals surface area contributed by atoms with E-state index < -0.39 is 98.5 Å². The number of aliphatic hydroxyl groups is 4. The second-order valence-corrected chi connectivity index (χ2v) is 12.5. The van der Waals surface area contributed by atoms with E-state index in [0.717, 1.165) is 0 Å². The number of carbonyl (C=O) groups is 4. The van der Waals surface area contributed by atoms with Crippen LogP contribution in [0.15, 0.2) is 121 Å². The molecule has 6 rings (SSSR count). The maximum absolute atomic E-state index is 13.6. The van der Waals surface area contributed by atoms with E-state index in [4.69, 9.17) is 33.2 Å². The smallest absolute Gasteiger partial charge is 0.338 e. The predicted molar refractivity (Wildman–Crippen MR) is 187 cm³/mol. The summed E-state index contributed by atoms with van der Waals surface area (Å²) in [4.78, 5) is 53.3. The Bertz CT molecular complexity index is 1880. The summed E-state index contributed by atoms with van der Waals surface area (Å²) >= 11 is 0. The molecule has 2 saturated heterocycles. The van der Waals surface area contributed by atoms with Crippen molar-refractivity contribution in [2.45, 2.75) is 61.4 Å². The fraction of sp³-hybridized carbons (Fsp3) is 0.300. The van der Waals surface area contributed by atoms with Gasteiger partial charge in [0.2, 0.25) is 0 Å². The molecule has 2 heterocycles. The largest absolute Gasteiger partial charge is 0.459 e. The predicted octanol–water partition coefficient (Wildman–Crippen LogP) is 2.06. The molecular formula is C40H38O15. The van der Waals surface area contributed by atoms with Crippen molar-refractivity contribution < 1.29 is 72.8 Å². The van der Waals surface area contributed by atoms with Gasteiger partial charge in [0.25, 0.3) is 0 Å². The van der Waals surface area contributed by atoms with Crippen LogP contribution in [-0.4, -0.2) is 119 Å². The second-order valence-electron chi connectivity index (χ2n) is 12.5. The van der Waals surface area contributed by atoms with Crippen molar-refractivity contribution in [1.29, 1.82) is 0 Å². The summed E-state index contributed by atoms with van der Waals surface area (Å²) in [7, 11) is 0. The van der Waals surface area contributed by atoms with Crippen molar-refractivity contribution >= 4 is 23.9 Å². The van der Waals surface area contributed by atoms with E-state index in [1.54, 1.807) is 72.8 Å². The van der Waals surface area contributed by atoms with Crippen LogP contribution in [0, 0.1) is 0 Å². The number of carbonyl (C=O) groups excluding carboxylic acids is 4. The van der Waals surface area contributed by atoms with Gasteiger partial charge < -0.3 is 53.6 Å². The second kappa shape index (κ2) is 18.2. The maximum Gasteiger partial charge on any atom is 0.338 e. The third-order valence-corrected chi connectivity index (χ3v) is 8.87. The summed E-state index contributed by atoms with van der Waals surface area (Å²) < 4.78 is 40.7. The van der Waals surface area contributed by atoms with Gasteiger partial charge in [0, 0.05) is 0 Å². The van der Waals surface area contributed by atoms with Gasteiger partial charge in [0.15, 0.2) is 30.9 Å². The van der Waals surface area contributed by atoms with Crippen LogP contribution in [-0.2, 0) is 33.2 Å². The lowest BCUT2D eigenvalue weighted by Crippen LogP contribution is -2.66. The standard InChI is InChI=1S/C40H38O15/c41-21-27-29(42)30(43)32(52-36(45)24-15-7-2-8-16-24)40(51-27)55-31-28(22-49-35(44)23-13-5-1-6-14-23)50-39(48)34(54-38(47)26-19-11-4-12-20-26)33(31)53-37(46)25-17-9-3-10-18-25/h1-20,27-34,39-43,48H,21-22H2/t27?,28?,29-,30?,31+,32-,33?,34-,39+,40-/m0/s1. The van der Waals surface area contributed by atoms with Gasteiger partial charge in [-0.3, -0.25) is 0 Å². The molecule has 0 aromatic heterocycles. The number of ether oxygens (including phenoxy) is 7. The van der Waals surface area contributed by atoms with Crippen molar-refractivity contribution in [1.82, 2.24) is 0 Å². The first-order chi connectivity index (χ1) is 26.6. The summed E-state index contributed by atoms with van der Waals surface area (Å²) in [6.45, 7) is -1.47. The van der Waals surface area contributed by atoms with E-state index in [9.17, 15) is 39.6 Å². The number of hydrogen-bond acceptors (Lipinski definition) is 15. The molecule has 4 aromatic rings. The molecule has 15 nitrogen and oxygen atoms in total. The molecule has 4 unspecified atom stereocenters. The first-order valence-electron chi connectivity index (χ1n) is 17.3. The Balaban J connectivity index is 1.38. The van der Waals surface area contributed by atoms with Crippen LogP contribution in [0.2, 0.25) is 0 Å². The highest BCUT2D eigenvalue weighted by molar-refractivity contribution is 5.91. The van der Waals surface area contributed by atoms with Gasteiger partial charge in [-0.25, -0.2) is 19.2 Å². The zero-order valence-corrected chi connectivity index (χ0v) is 29.0. The minimum atomic E-state index is -2.00. The fourth-order valence-corrected chi connectivity index (χ4v) is 6.01. The molecule has 288 valence electrons. The van der Waals surface area contributed by atoms with Crippen molar-refractivity contribution in [2.75, 3.05) is 13.2 Å². The lowest BCUT2D eigenvalue weighted by atomic mass is 9.96. The minimum Gasteiger partial charge on any atom is -0.459 e. The molecule has 4 aromatic carbocycles. The van der Waals surface area contributed by atoms with E-state index in [-0.39, 0.29) is 22.3 Å². The zero-order chi connectivity index (χ0) is 38.9. The molecule has 0 radical (unpaired) electrons. The molecule has 0 spiro atoms. The van der Waals surface area contributed by atoms with Gasteiger partial charge in [-0.2, -0.15) is 0 Å². The van der Waals surface area contributed by atoms with Gasteiger partial charge in [-0.1, -0.05) is 72.8 Å². The number of esters is 4. The topological polar surface area (TPSA) is 214 Å². The van der Waals surface area contributed by atoms with E-state index in [1.165, 1.54) is 48.5 Å². The van der Waals surface area contributed by atoms with Crippen molar-refractivity contribution in [3.05, 3.63) is 144 Å². The van der Waals surface area contributed by atoms with E-state index >= 15 is 0 Å². The van der Waals surface area contributed by atoms with Crippen LogP contribution in [0.3, 0.4) is 0 Å². The molecule has 2 aliphatic rings. The Morgan fingerprint density at radius 2 is 0.909 bits per heavy atom. The molecule has 0 bridgehead atoms. The molecule has 2 aliphatic heterocycles. The average Bonchev–Trinajstić information content (AvgIpc) is 3.22. The molecule has 2 fully saturated rings. The highest BCUT2D eigenvalue weighted by Crippen LogP contribution is 2.34. The SMILES string of the molecule is O=C(OCC1O[C@@H](O)[C@@H](OC(=O)c2ccccc2)C(OC(=O)c2ccccc2)[C@@H]1O[C@@H]1OC(CO)[C@H](O)C(O)[C@@H]1OC(=O)c1ccccc1)c1ccccc1. The molecule has 10 atom stereocenters. The molecule has 15 heteroatoms. The van der Waals surface area contributed by atoms with Crippen molar-refractivity contribution in [3.8, 4) is 0 Å². The Hall–Kier alpha value is -5.52. The summed E-state index contributed by atoms with van der Waals surface area (Å²) in [5.41, 5.74) is 0.379. The van der Waals surface area contributed by atoms with Gasteiger partial charge in [-0.05, 0) is 48.5 Å². The van der Waals surface area contributed by atoms with Crippen LogP contribution >= 0.6 is 0 Å². The van der Waals surface area contributed by atoms with Crippen LogP contribution in [0.4, 0.5) is 0 Å². The Morgan fingerprint density at radius 1 is 0.491 bits per heavy atom. The molecule has 4 N–H and O–H groups in total. The maximum atomic E-state index is 13.6. The van der Waals surface area contributed by atoms with E-state index in [2.05, 4.69) is 0 Å². The third kappa shape index (κ3) is 9.41. The summed E-state index contributed by atoms with van der Waals surface area (Å²) in [6, 6.07) is 31.1. The monoisotopic (exact) mass is 758 g/mol. The number of rotatable bonds is 12. The number of aliphatic hydroxyl groups excluding tert-OH is 4. The quantitative estimate of drug-likeness (QED) is 0.120. The highest BCUT2D eigenvalue weighted by atomic mass is 16.7. The molecule has 0 amide bonds. The van der Waals surface area contributed by atoms with Gasteiger partial charge >= 0.3 is 23.9 Å². The van der Waals surface area contributed by atoms with Crippen LogP contribution in [0.25, 0.3) is 0 Å². The van der Waals surface area contributed by atoms with E-state index in [0.29, 0.717) is 0 Å². The van der Waals surface area contributed by atoms with Crippen LogP contribution < -0.4 is 0 Å². The van der Waals surface area contributed by atoms with Gasteiger partial charge in [0.05, 0.1) is 28.9 Å². The zero-order valence-electron chi connectivity index (χ0n) is 29.0. The van der Waals surface area contributed by atoms with E-state index in [1.807, 2.05) is 0 Å². The first-order valence-corrected chi connectivity index (χ1v) is 17.3. The van der Waals surface area contributed by atoms with Gasteiger partial charge in [0.1, 0.15) is 37.1 Å². The number of benzene rings is 4. The molecule has 55 heavy (non-hydrogen) atoms. The summed E-state index contributed by atoms with van der Waals surface area (Å²) in [5.74, 6) is -3.63. The fourth-order valence-electron chi connectivity index (χ4n) is 6.01. The summed E-state index contributed by atoms with van der Waals surface area (Å²) in [6.07, 6.45) is -17.6. The van der Waals surface area contributed by atoms with Crippen molar-refractivity contribution in [3.63, 3.8) is 0 Å². The Morgan fingerprint density at radius 3 is 1.36 bits per heavy atom. The molecular weight excluding hydrogens is 720 g/mol. The van der Waals surface area contributed by atoms with Crippen molar-refractivity contribution in [2.24, 2.45) is 0 Å². The normalized spacial score (nSPS) is 27.6. The molecule has 0 saturated carbocycles. The Kier molecular flexibility index (Phi) is 13.0. The summed E-state index contributed by atoms with van der Waals surface area (Å²) in [5, 5.41) is 43.4. The molecule has 0 aliphatic carbocycles. The van der Waals surface area contributed by atoms with Crippen LogP contribution in [0.5, 0.6) is 0 Å². The average molecular weight is 759 g/mol. The Labute approximate surface area is 314 Å². The number of hydrogen-bond donors (Lipinski definition) is 4. The van der Waals surface area contributed by atoms with Crippen LogP contribution in [0.1, 0.15) is 41.4 Å². The lowest BCUT2D eigenvalue weighted by Gasteiger charge is -2.47. The third-order valence-electron chi connectivity index (χ3n) is 8.87. The lowest BCUT2D eigenvalue weighted by molar-refractivity contribution is -0.353. The highest BCUT2D eigenvalue weighted by Gasteiger charge is 2.55. The van der Waals surface area contributed by atoms with Gasteiger partial charge in [-0.15, -0.1) is 0 Å². The first kappa shape index (κ1) is 39.2. The minimum absolute atomic E-state index is 0.0601.